The average molecular weight is 340 g/mol. The molecule has 0 aliphatic heterocycles. The Morgan fingerprint density at radius 1 is 1.37 bits per heavy atom. The first-order valence-corrected chi connectivity index (χ1v) is 7.86. The quantitative estimate of drug-likeness (QED) is 0.875. The summed E-state index contributed by atoms with van der Waals surface area (Å²) in [5.74, 6) is 0.951. The minimum atomic E-state index is 0.255. The Hall–Kier alpha value is -0.840. The lowest BCUT2D eigenvalue weighted by molar-refractivity contribution is 0.401. The number of halogens is 1. The molecule has 19 heavy (non-hydrogen) atoms. The minimum absolute atomic E-state index is 0.255. The first-order valence-electron chi connectivity index (χ1n) is 6.19. The molecule has 0 aliphatic carbocycles. The van der Waals surface area contributed by atoms with Crippen molar-refractivity contribution in [3.63, 3.8) is 0 Å². The highest BCUT2D eigenvalue weighted by Gasteiger charge is 2.17. The molecule has 2 nitrogen and oxygen atoms in total. The highest BCUT2D eigenvalue weighted by atomic mass is 79.9. The highest BCUT2D eigenvalue weighted by molar-refractivity contribution is 9.10. The Labute approximate surface area is 126 Å². The summed E-state index contributed by atoms with van der Waals surface area (Å²) >= 11 is 5.37. The van der Waals surface area contributed by atoms with Gasteiger partial charge < -0.3 is 10.1 Å². The zero-order valence-electron chi connectivity index (χ0n) is 11.4. The van der Waals surface area contributed by atoms with Crippen LogP contribution >= 0.6 is 27.3 Å². The third-order valence-corrected chi connectivity index (χ3v) is 5.14. The molecule has 0 saturated heterocycles. The lowest BCUT2D eigenvalue weighted by atomic mass is 10.0. The van der Waals surface area contributed by atoms with Crippen LogP contribution < -0.4 is 10.1 Å². The van der Waals surface area contributed by atoms with Crippen molar-refractivity contribution in [2.45, 2.75) is 19.4 Å². The number of ether oxygens (including phenoxy) is 1. The Kier molecular flexibility index (Phi) is 5.02. The predicted octanol–water partition coefficient (Wildman–Crippen LogP) is 4.33. The summed E-state index contributed by atoms with van der Waals surface area (Å²) in [5.41, 5.74) is 2.42. The average Bonchev–Trinajstić information content (AvgIpc) is 2.81. The second-order valence-corrected chi connectivity index (χ2v) is 6.34. The van der Waals surface area contributed by atoms with E-state index in [4.69, 9.17) is 4.74 Å². The molecule has 2 aromatic rings. The van der Waals surface area contributed by atoms with Crippen LogP contribution in [0.5, 0.6) is 5.75 Å². The van der Waals surface area contributed by atoms with E-state index in [-0.39, 0.29) is 6.04 Å². The largest absolute Gasteiger partial charge is 0.496 e. The van der Waals surface area contributed by atoms with Gasteiger partial charge in [-0.15, -0.1) is 11.3 Å². The lowest BCUT2D eigenvalue weighted by Crippen LogP contribution is -2.19. The van der Waals surface area contributed by atoms with Crippen LogP contribution in [0.25, 0.3) is 0 Å². The maximum absolute atomic E-state index is 5.51. The van der Waals surface area contributed by atoms with Crippen LogP contribution in [-0.4, -0.2) is 14.2 Å². The van der Waals surface area contributed by atoms with Crippen LogP contribution in [0.4, 0.5) is 0 Å². The summed E-state index contributed by atoms with van der Waals surface area (Å²) in [7, 11) is 3.72. The summed E-state index contributed by atoms with van der Waals surface area (Å²) in [4.78, 5) is 1.35. The predicted molar refractivity (Wildman–Crippen MR) is 85.3 cm³/mol. The van der Waals surface area contributed by atoms with E-state index in [1.165, 1.54) is 20.5 Å². The smallest absolute Gasteiger partial charge is 0.123 e. The first kappa shape index (κ1) is 14.6. The maximum atomic E-state index is 5.51. The van der Waals surface area contributed by atoms with Crippen LogP contribution in [0.2, 0.25) is 0 Å². The Morgan fingerprint density at radius 3 is 2.74 bits per heavy atom. The number of rotatable bonds is 5. The molecule has 0 spiro atoms. The van der Waals surface area contributed by atoms with Gasteiger partial charge in [0.25, 0.3) is 0 Å². The van der Waals surface area contributed by atoms with Crippen LogP contribution in [0.1, 0.15) is 22.0 Å². The fraction of sp³-hybridized carbons (Fsp3) is 0.333. The van der Waals surface area contributed by atoms with Gasteiger partial charge in [-0.25, -0.2) is 0 Å². The molecule has 1 atom stereocenters. The summed E-state index contributed by atoms with van der Waals surface area (Å²) in [6.45, 7) is 2.08. The van der Waals surface area contributed by atoms with Crippen LogP contribution in [0.15, 0.2) is 34.1 Å². The number of hydrogen-bond donors (Lipinski definition) is 1. The zero-order chi connectivity index (χ0) is 13.8. The number of benzene rings is 1. The number of hydrogen-bond acceptors (Lipinski definition) is 3. The number of aryl methyl sites for hydroxylation is 1. The normalized spacial score (nSPS) is 12.4. The Morgan fingerprint density at radius 2 is 2.16 bits per heavy atom. The molecule has 1 heterocycles. The molecule has 1 aromatic heterocycles. The van der Waals surface area contributed by atoms with Gasteiger partial charge in [0.1, 0.15) is 5.75 Å². The van der Waals surface area contributed by atoms with Gasteiger partial charge in [-0.3, -0.25) is 0 Å². The number of nitrogens with one attached hydrogen (secondary N) is 1. The van der Waals surface area contributed by atoms with E-state index in [2.05, 4.69) is 57.8 Å². The molecular weight excluding hydrogens is 322 g/mol. The van der Waals surface area contributed by atoms with Gasteiger partial charge in [-0.1, -0.05) is 12.1 Å². The number of likely N-dealkylation sites (N-methyl/N-ethyl adjacent to an activating group) is 1. The highest BCUT2D eigenvalue weighted by Crippen LogP contribution is 2.32. The van der Waals surface area contributed by atoms with E-state index in [0.29, 0.717) is 0 Å². The molecule has 4 heteroatoms. The molecular formula is C15H18BrNOS. The Bertz CT molecular complexity index is 553. The maximum Gasteiger partial charge on any atom is 0.123 e. The van der Waals surface area contributed by atoms with Crippen molar-refractivity contribution < 1.29 is 4.74 Å². The topological polar surface area (TPSA) is 21.3 Å². The van der Waals surface area contributed by atoms with Gasteiger partial charge in [-0.2, -0.15) is 0 Å². The molecule has 1 N–H and O–H groups in total. The monoisotopic (exact) mass is 339 g/mol. The van der Waals surface area contributed by atoms with Crippen molar-refractivity contribution in [1.29, 1.82) is 0 Å². The standard InChI is InChI=1S/C15H18BrNOS/c1-10-4-5-11(14(8-10)18-3)13(17-2)9-15-12(16)6-7-19-15/h4-8,13,17H,9H2,1-3H3. The second-order valence-electron chi connectivity index (χ2n) is 4.48. The van der Waals surface area contributed by atoms with Gasteiger partial charge >= 0.3 is 0 Å². The van der Waals surface area contributed by atoms with Crippen molar-refractivity contribution in [1.82, 2.24) is 5.32 Å². The summed E-state index contributed by atoms with van der Waals surface area (Å²) in [6.07, 6.45) is 0.953. The van der Waals surface area contributed by atoms with Crippen LogP contribution in [-0.2, 0) is 6.42 Å². The molecule has 0 bridgehead atoms. The third kappa shape index (κ3) is 3.38. The summed E-state index contributed by atoms with van der Waals surface area (Å²) in [5, 5.41) is 5.49. The van der Waals surface area contributed by atoms with E-state index in [9.17, 15) is 0 Å². The molecule has 1 aromatic carbocycles. The van der Waals surface area contributed by atoms with E-state index in [0.717, 1.165) is 12.2 Å². The van der Waals surface area contributed by atoms with Crippen LogP contribution in [0, 0.1) is 6.92 Å². The van der Waals surface area contributed by atoms with E-state index >= 15 is 0 Å². The molecule has 2 rings (SSSR count). The fourth-order valence-electron chi connectivity index (χ4n) is 2.13. The molecule has 102 valence electrons. The van der Waals surface area contributed by atoms with E-state index in [1.807, 2.05) is 7.05 Å². The molecule has 0 amide bonds. The number of thiophene rings is 1. The van der Waals surface area contributed by atoms with Gasteiger partial charge in [0.05, 0.1) is 7.11 Å². The SMILES string of the molecule is CNC(Cc1sccc1Br)c1ccc(C)cc1OC. The zero-order valence-corrected chi connectivity index (χ0v) is 13.8. The second kappa shape index (κ2) is 6.55. The van der Waals surface area contributed by atoms with Crippen molar-refractivity contribution in [2.75, 3.05) is 14.2 Å². The van der Waals surface area contributed by atoms with Crippen molar-refractivity contribution in [3.8, 4) is 5.75 Å². The first-order chi connectivity index (χ1) is 9.15. The molecule has 1 unspecified atom stereocenters. The van der Waals surface area contributed by atoms with Crippen molar-refractivity contribution >= 4 is 27.3 Å². The number of methoxy groups -OCH3 is 1. The summed E-state index contributed by atoms with van der Waals surface area (Å²) < 4.78 is 6.69. The van der Waals surface area contributed by atoms with Gasteiger partial charge in [0.2, 0.25) is 0 Å². The Balaban J connectivity index is 2.29. The minimum Gasteiger partial charge on any atom is -0.496 e. The fourth-order valence-corrected chi connectivity index (χ4v) is 3.69. The third-order valence-electron chi connectivity index (χ3n) is 3.19. The van der Waals surface area contributed by atoms with Gasteiger partial charge in [0, 0.05) is 27.4 Å². The molecule has 0 saturated carbocycles. The summed E-state index contributed by atoms with van der Waals surface area (Å²) in [6, 6.07) is 8.72. The van der Waals surface area contributed by atoms with E-state index < -0.39 is 0 Å². The molecule has 0 fully saturated rings. The van der Waals surface area contributed by atoms with Crippen molar-refractivity contribution in [2.24, 2.45) is 0 Å². The van der Waals surface area contributed by atoms with E-state index in [1.54, 1.807) is 18.4 Å². The van der Waals surface area contributed by atoms with Crippen molar-refractivity contribution in [3.05, 3.63) is 50.1 Å². The van der Waals surface area contributed by atoms with Gasteiger partial charge in [-0.05, 0) is 53.0 Å². The molecule has 0 radical (unpaired) electrons. The lowest BCUT2D eigenvalue weighted by Gasteiger charge is -2.19. The van der Waals surface area contributed by atoms with Gasteiger partial charge in [0.15, 0.2) is 0 Å². The van der Waals surface area contributed by atoms with Crippen LogP contribution in [0.3, 0.4) is 0 Å². The molecule has 0 aliphatic rings.